The second kappa shape index (κ2) is 11.0. The van der Waals surface area contributed by atoms with Crippen molar-refractivity contribution in [1.29, 1.82) is 0 Å². The minimum Gasteiger partial charge on any atom is -0.496 e. The Morgan fingerprint density at radius 2 is 1.85 bits per heavy atom. The van der Waals surface area contributed by atoms with Crippen LogP contribution in [0.25, 0.3) is 10.9 Å². The van der Waals surface area contributed by atoms with Crippen LogP contribution in [0.5, 0.6) is 11.5 Å². The number of aromatic nitrogens is 2. The molecule has 0 saturated carbocycles. The highest BCUT2D eigenvalue weighted by Gasteiger charge is 2.18. The summed E-state index contributed by atoms with van der Waals surface area (Å²) in [6.45, 7) is 4.12. The Kier molecular flexibility index (Phi) is 7.88. The third-order valence-electron chi connectivity index (χ3n) is 6.17. The molecule has 2 aromatic carbocycles. The fourth-order valence-electron chi connectivity index (χ4n) is 4.32. The molecule has 1 aromatic heterocycles. The molecule has 1 aliphatic heterocycles. The lowest BCUT2D eigenvalue weighted by Crippen LogP contribution is -2.29. The molecular weight excluding hydrogens is 496 g/mol. The number of aryl methyl sites for hydroxylation is 1. The summed E-state index contributed by atoms with van der Waals surface area (Å²) in [6.07, 6.45) is 7.85. The summed E-state index contributed by atoms with van der Waals surface area (Å²) in [5.74, 6) is 2.10. The standard InChI is InChI=1S/C26H31BrN4O3/c1-4-5-9-25-29-21-11-10-19(27)15-20(21)26(32)31(25)28-17-18-14-24(34-3)22(16-23(18)33-2)30-12-7-6-8-13-30/h10-11,14-17H,4-9,12-13H2,1-3H3. The van der Waals surface area contributed by atoms with Crippen molar-refractivity contribution in [1.82, 2.24) is 9.66 Å². The van der Waals surface area contributed by atoms with Crippen molar-refractivity contribution in [2.45, 2.75) is 45.4 Å². The summed E-state index contributed by atoms with van der Waals surface area (Å²) in [5.41, 5.74) is 2.25. The molecule has 0 radical (unpaired) electrons. The van der Waals surface area contributed by atoms with Crippen LogP contribution >= 0.6 is 15.9 Å². The summed E-state index contributed by atoms with van der Waals surface area (Å²) in [5, 5.41) is 5.11. The number of rotatable bonds is 8. The quantitative estimate of drug-likeness (QED) is 0.368. The van der Waals surface area contributed by atoms with Crippen LogP contribution in [0.2, 0.25) is 0 Å². The van der Waals surface area contributed by atoms with Crippen LogP contribution < -0.4 is 19.9 Å². The second-order valence-corrected chi connectivity index (χ2v) is 9.38. The van der Waals surface area contributed by atoms with Crippen molar-refractivity contribution >= 4 is 38.7 Å². The van der Waals surface area contributed by atoms with Gasteiger partial charge in [0.15, 0.2) is 0 Å². The number of fused-ring (bicyclic) bond motifs is 1. The number of halogens is 1. The zero-order valence-corrected chi connectivity index (χ0v) is 21.6. The van der Waals surface area contributed by atoms with Gasteiger partial charge in [-0.3, -0.25) is 4.79 Å². The van der Waals surface area contributed by atoms with Gasteiger partial charge in [-0.2, -0.15) is 9.78 Å². The van der Waals surface area contributed by atoms with E-state index in [1.165, 1.54) is 23.9 Å². The number of piperidine rings is 1. The van der Waals surface area contributed by atoms with E-state index in [9.17, 15) is 4.79 Å². The zero-order chi connectivity index (χ0) is 24.1. The van der Waals surface area contributed by atoms with E-state index < -0.39 is 0 Å². The van der Waals surface area contributed by atoms with Gasteiger partial charge in [-0.05, 0) is 49.9 Å². The molecule has 8 heteroatoms. The van der Waals surface area contributed by atoms with E-state index in [0.717, 1.165) is 47.4 Å². The zero-order valence-electron chi connectivity index (χ0n) is 20.0. The SMILES string of the molecule is CCCCc1nc2ccc(Br)cc2c(=O)n1N=Cc1cc(OC)c(N2CCCCC2)cc1OC. The highest BCUT2D eigenvalue weighted by Crippen LogP contribution is 2.36. The summed E-state index contributed by atoms with van der Waals surface area (Å²) >= 11 is 3.45. The van der Waals surface area contributed by atoms with E-state index in [1.807, 2.05) is 24.3 Å². The molecule has 0 atom stereocenters. The maximum Gasteiger partial charge on any atom is 0.282 e. The predicted molar refractivity (Wildman–Crippen MR) is 141 cm³/mol. The van der Waals surface area contributed by atoms with Crippen molar-refractivity contribution < 1.29 is 9.47 Å². The van der Waals surface area contributed by atoms with Crippen LogP contribution in [-0.4, -0.2) is 43.2 Å². The minimum atomic E-state index is -0.190. The molecular formula is C26H31BrN4O3. The normalized spacial score (nSPS) is 14.2. The van der Waals surface area contributed by atoms with Crippen LogP contribution in [0.4, 0.5) is 5.69 Å². The van der Waals surface area contributed by atoms with Gasteiger partial charge in [0.05, 0.1) is 37.0 Å². The maximum atomic E-state index is 13.3. The molecule has 1 fully saturated rings. The van der Waals surface area contributed by atoms with Gasteiger partial charge in [0.25, 0.3) is 5.56 Å². The van der Waals surface area contributed by atoms with Crippen molar-refractivity contribution in [3.63, 3.8) is 0 Å². The Hall–Kier alpha value is -2.87. The highest BCUT2D eigenvalue weighted by atomic mass is 79.9. The lowest BCUT2D eigenvalue weighted by atomic mass is 10.1. The number of methoxy groups -OCH3 is 2. The number of nitrogens with zero attached hydrogens (tertiary/aromatic N) is 4. The van der Waals surface area contributed by atoms with Gasteiger partial charge >= 0.3 is 0 Å². The molecule has 2 heterocycles. The van der Waals surface area contributed by atoms with Gasteiger partial charge < -0.3 is 14.4 Å². The highest BCUT2D eigenvalue weighted by molar-refractivity contribution is 9.10. The van der Waals surface area contributed by atoms with E-state index in [2.05, 4.69) is 32.9 Å². The number of benzene rings is 2. The third-order valence-corrected chi connectivity index (χ3v) is 6.66. The molecule has 0 spiro atoms. The summed E-state index contributed by atoms with van der Waals surface area (Å²) < 4.78 is 13.7. The van der Waals surface area contributed by atoms with Gasteiger partial charge in [0, 0.05) is 35.6 Å². The second-order valence-electron chi connectivity index (χ2n) is 8.47. The van der Waals surface area contributed by atoms with E-state index in [4.69, 9.17) is 14.5 Å². The monoisotopic (exact) mass is 526 g/mol. The summed E-state index contributed by atoms with van der Waals surface area (Å²) in [6, 6.07) is 9.47. The molecule has 34 heavy (non-hydrogen) atoms. The fourth-order valence-corrected chi connectivity index (χ4v) is 4.68. The largest absolute Gasteiger partial charge is 0.496 e. The van der Waals surface area contributed by atoms with E-state index >= 15 is 0 Å². The number of hydrogen-bond donors (Lipinski definition) is 0. The molecule has 1 aliphatic rings. The lowest BCUT2D eigenvalue weighted by Gasteiger charge is -2.30. The van der Waals surface area contributed by atoms with Crippen LogP contribution in [0.15, 0.2) is 44.7 Å². The van der Waals surface area contributed by atoms with Crippen molar-refractivity contribution in [2.24, 2.45) is 5.10 Å². The molecule has 0 amide bonds. The Bertz CT molecular complexity index is 1250. The average Bonchev–Trinajstić information content (AvgIpc) is 2.87. The molecule has 180 valence electrons. The predicted octanol–water partition coefficient (Wildman–Crippen LogP) is 5.39. The topological polar surface area (TPSA) is 69.0 Å². The Labute approximate surface area is 208 Å². The first-order valence-electron chi connectivity index (χ1n) is 11.8. The van der Waals surface area contributed by atoms with Crippen molar-refractivity contribution in [3.8, 4) is 11.5 Å². The molecule has 1 saturated heterocycles. The van der Waals surface area contributed by atoms with Gasteiger partial charge in [0.2, 0.25) is 0 Å². The van der Waals surface area contributed by atoms with E-state index in [-0.39, 0.29) is 5.56 Å². The molecule has 7 nitrogen and oxygen atoms in total. The number of hydrogen-bond acceptors (Lipinski definition) is 6. The van der Waals surface area contributed by atoms with Crippen molar-refractivity contribution in [2.75, 3.05) is 32.2 Å². The minimum absolute atomic E-state index is 0.190. The third kappa shape index (κ3) is 5.12. The maximum absolute atomic E-state index is 13.3. The van der Waals surface area contributed by atoms with Gasteiger partial charge in [-0.25, -0.2) is 4.98 Å². The fraction of sp³-hybridized carbons (Fsp3) is 0.423. The Balaban J connectivity index is 1.78. The Morgan fingerprint density at radius 3 is 2.56 bits per heavy atom. The number of unbranched alkanes of at least 4 members (excludes halogenated alkanes) is 1. The average molecular weight is 527 g/mol. The molecule has 4 rings (SSSR count). The molecule has 0 N–H and O–H groups in total. The number of ether oxygens (including phenoxy) is 2. The van der Waals surface area contributed by atoms with E-state index in [0.29, 0.717) is 28.9 Å². The van der Waals surface area contributed by atoms with Crippen molar-refractivity contribution in [3.05, 3.63) is 56.5 Å². The Morgan fingerprint density at radius 1 is 1.09 bits per heavy atom. The summed E-state index contributed by atoms with van der Waals surface area (Å²) in [4.78, 5) is 20.4. The van der Waals surface area contributed by atoms with Gasteiger partial charge in [0.1, 0.15) is 17.3 Å². The lowest BCUT2D eigenvalue weighted by molar-refractivity contribution is 0.401. The van der Waals surface area contributed by atoms with Crippen LogP contribution in [0.3, 0.4) is 0 Å². The molecule has 3 aromatic rings. The number of anilines is 1. The molecule has 0 bridgehead atoms. The van der Waals surface area contributed by atoms with Crippen LogP contribution in [-0.2, 0) is 6.42 Å². The summed E-state index contributed by atoms with van der Waals surface area (Å²) in [7, 11) is 3.32. The molecule has 0 unspecified atom stereocenters. The molecule has 0 aliphatic carbocycles. The van der Waals surface area contributed by atoms with Crippen LogP contribution in [0.1, 0.15) is 50.4 Å². The smallest absolute Gasteiger partial charge is 0.282 e. The first kappa shape index (κ1) is 24.3. The first-order chi connectivity index (χ1) is 16.5. The first-order valence-corrected chi connectivity index (χ1v) is 12.6. The van der Waals surface area contributed by atoms with Crippen LogP contribution in [0, 0.1) is 0 Å². The van der Waals surface area contributed by atoms with Gasteiger partial charge in [-0.15, -0.1) is 0 Å². The van der Waals surface area contributed by atoms with Gasteiger partial charge in [-0.1, -0.05) is 29.3 Å². The van der Waals surface area contributed by atoms with E-state index in [1.54, 1.807) is 26.5 Å².